The molecule has 0 saturated carbocycles. The van der Waals surface area contributed by atoms with Crippen LogP contribution in [0, 0.1) is 5.92 Å². The van der Waals surface area contributed by atoms with Gasteiger partial charge in [0.1, 0.15) is 0 Å². The number of hydrogen-bond acceptors (Lipinski definition) is 4. The molecular formula is C16H31IN6O. The summed E-state index contributed by atoms with van der Waals surface area (Å²) in [5.41, 5.74) is 1.13. The van der Waals surface area contributed by atoms with E-state index in [2.05, 4.69) is 39.5 Å². The maximum absolute atomic E-state index is 5.46. The fourth-order valence-electron chi connectivity index (χ4n) is 2.87. The Bertz CT molecular complexity index is 499. The van der Waals surface area contributed by atoms with Gasteiger partial charge in [-0.15, -0.1) is 24.0 Å². The summed E-state index contributed by atoms with van der Waals surface area (Å²) in [6.45, 7) is 9.80. The number of ether oxygens (including phenoxy) is 1. The van der Waals surface area contributed by atoms with Crippen molar-refractivity contribution in [2.45, 2.75) is 26.4 Å². The molecule has 138 valence electrons. The van der Waals surface area contributed by atoms with Crippen molar-refractivity contribution >= 4 is 29.9 Å². The minimum absolute atomic E-state index is 0. The van der Waals surface area contributed by atoms with Crippen LogP contribution in [0.15, 0.2) is 17.3 Å². The summed E-state index contributed by atoms with van der Waals surface area (Å²) in [6.07, 6.45) is 1.81. The zero-order valence-electron chi connectivity index (χ0n) is 15.2. The van der Waals surface area contributed by atoms with Crippen molar-refractivity contribution in [1.29, 1.82) is 0 Å². The number of nitrogens with zero attached hydrogens (tertiary/aromatic N) is 4. The van der Waals surface area contributed by atoms with E-state index in [4.69, 9.17) is 4.74 Å². The Morgan fingerprint density at radius 2 is 2.04 bits per heavy atom. The van der Waals surface area contributed by atoms with Crippen LogP contribution >= 0.6 is 24.0 Å². The Hall–Kier alpha value is -0.870. The van der Waals surface area contributed by atoms with Gasteiger partial charge in [0.15, 0.2) is 5.96 Å². The van der Waals surface area contributed by atoms with E-state index in [0.717, 1.165) is 44.5 Å². The number of rotatable bonds is 6. The van der Waals surface area contributed by atoms with Gasteiger partial charge in [0, 0.05) is 46.0 Å². The average Bonchev–Trinajstić information content (AvgIpc) is 2.96. The third-order valence-corrected chi connectivity index (χ3v) is 4.35. The first-order valence-corrected chi connectivity index (χ1v) is 8.35. The smallest absolute Gasteiger partial charge is 0.191 e. The van der Waals surface area contributed by atoms with Gasteiger partial charge in [-0.2, -0.15) is 5.10 Å². The second-order valence-corrected chi connectivity index (χ2v) is 6.21. The summed E-state index contributed by atoms with van der Waals surface area (Å²) in [6, 6.07) is 2.49. The first-order valence-electron chi connectivity index (χ1n) is 8.35. The standard InChI is InChI=1S/C16H30N6O.HI/c1-13(2)15(22-7-9-23-10-8-22)12-19-16(17-3)18-11-14-5-6-20-21(14)4;/h5-6,13,15H,7-12H2,1-4H3,(H2,17,18,19);1H. The topological polar surface area (TPSA) is 66.7 Å². The van der Waals surface area contributed by atoms with Gasteiger partial charge in [-0.1, -0.05) is 13.8 Å². The van der Waals surface area contributed by atoms with Crippen molar-refractivity contribution in [2.24, 2.45) is 18.0 Å². The maximum atomic E-state index is 5.46. The van der Waals surface area contributed by atoms with E-state index in [1.807, 2.05) is 17.8 Å². The second-order valence-electron chi connectivity index (χ2n) is 6.21. The summed E-state index contributed by atoms with van der Waals surface area (Å²) >= 11 is 0. The van der Waals surface area contributed by atoms with Gasteiger partial charge in [-0.25, -0.2) is 0 Å². The molecule has 0 aliphatic carbocycles. The number of guanidine groups is 1. The first kappa shape index (κ1) is 21.2. The summed E-state index contributed by atoms with van der Waals surface area (Å²) in [5, 5.41) is 11.0. The molecule has 1 atom stereocenters. The van der Waals surface area contributed by atoms with Crippen LogP contribution < -0.4 is 10.6 Å². The van der Waals surface area contributed by atoms with E-state index in [1.54, 1.807) is 13.2 Å². The highest BCUT2D eigenvalue weighted by Crippen LogP contribution is 2.12. The fourth-order valence-corrected chi connectivity index (χ4v) is 2.87. The minimum Gasteiger partial charge on any atom is -0.379 e. The number of aromatic nitrogens is 2. The molecule has 0 radical (unpaired) electrons. The third kappa shape index (κ3) is 6.21. The molecule has 2 heterocycles. The molecular weight excluding hydrogens is 419 g/mol. The Morgan fingerprint density at radius 3 is 2.58 bits per heavy atom. The third-order valence-electron chi connectivity index (χ3n) is 4.35. The molecule has 1 saturated heterocycles. The van der Waals surface area contributed by atoms with Crippen LogP contribution in [0.4, 0.5) is 0 Å². The largest absolute Gasteiger partial charge is 0.379 e. The Kier molecular flexibility index (Phi) is 9.60. The van der Waals surface area contributed by atoms with Crippen LogP contribution in [0.3, 0.4) is 0 Å². The summed E-state index contributed by atoms with van der Waals surface area (Å²) < 4.78 is 7.33. The van der Waals surface area contributed by atoms with Crippen LogP contribution in [0.2, 0.25) is 0 Å². The van der Waals surface area contributed by atoms with Gasteiger partial charge in [0.2, 0.25) is 0 Å². The predicted octanol–water partition coefficient (Wildman–Crippen LogP) is 1.06. The Morgan fingerprint density at radius 1 is 1.33 bits per heavy atom. The summed E-state index contributed by atoms with van der Waals surface area (Å²) in [7, 11) is 3.75. The summed E-state index contributed by atoms with van der Waals surface area (Å²) in [5.74, 6) is 1.40. The number of nitrogens with one attached hydrogen (secondary N) is 2. The van der Waals surface area contributed by atoms with Crippen LogP contribution in [0.1, 0.15) is 19.5 Å². The lowest BCUT2D eigenvalue weighted by molar-refractivity contribution is 0.00752. The van der Waals surface area contributed by atoms with Crippen LogP contribution in [0.25, 0.3) is 0 Å². The minimum atomic E-state index is 0. The number of morpholine rings is 1. The number of aryl methyl sites for hydroxylation is 1. The molecule has 1 aromatic rings. The normalized spacial score (nSPS) is 17.5. The Labute approximate surface area is 162 Å². The molecule has 2 N–H and O–H groups in total. The average molecular weight is 450 g/mol. The van der Waals surface area contributed by atoms with Crippen LogP contribution in [-0.2, 0) is 18.3 Å². The van der Waals surface area contributed by atoms with Crippen molar-refractivity contribution in [3.05, 3.63) is 18.0 Å². The molecule has 0 spiro atoms. The fraction of sp³-hybridized carbons (Fsp3) is 0.750. The van der Waals surface area contributed by atoms with Crippen molar-refractivity contribution < 1.29 is 4.74 Å². The number of hydrogen-bond donors (Lipinski definition) is 2. The zero-order valence-corrected chi connectivity index (χ0v) is 17.5. The highest BCUT2D eigenvalue weighted by atomic mass is 127. The van der Waals surface area contributed by atoms with Crippen LogP contribution in [-0.4, -0.2) is 66.6 Å². The first-order chi connectivity index (χ1) is 11.1. The van der Waals surface area contributed by atoms with Gasteiger partial charge < -0.3 is 15.4 Å². The van der Waals surface area contributed by atoms with E-state index < -0.39 is 0 Å². The Balaban J connectivity index is 0.00000288. The molecule has 1 aliphatic rings. The van der Waals surface area contributed by atoms with E-state index in [9.17, 15) is 0 Å². The van der Waals surface area contributed by atoms with E-state index in [-0.39, 0.29) is 24.0 Å². The van der Waals surface area contributed by atoms with Gasteiger partial charge in [-0.3, -0.25) is 14.6 Å². The van der Waals surface area contributed by atoms with Crippen molar-refractivity contribution in [3.63, 3.8) is 0 Å². The highest BCUT2D eigenvalue weighted by molar-refractivity contribution is 14.0. The maximum Gasteiger partial charge on any atom is 0.191 e. The molecule has 24 heavy (non-hydrogen) atoms. The second kappa shape index (κ2) is 10.9. The molecule has 1 aliphatic heterocycles. The quantitative estimate of drug-likeness (QED) is 0.386. The highest BCUT2D eigenvalue weighted by Gasteiger charge is 2.23. The SMILES string of the molecule is CN=C(NCc1ccnn1C)NCC(C(C)C)N1CCOCC1.I. The molecule has 7 nitrogen and oxygen atoms in total. The number of halogens is 1. The molecule has 0 amide bonds. The van der Waals surface area contributed by atoms with Crippen molar-refractivity contribution in [2.75, 3.05) is 39.9 Å². The predicted molar refractivity (Wildman–Crippen MR) is 108 cm³/mol. The van der Waals surface area contributed by atoms with E-state index in [0.29, 0.717) is 18.5 Å². The van der Waals surface area contributed by atoms with E-state index >= 15 is 0 Å². The van der Waals surface area contributed by atoms with Gasteiger partial charge in [0.05, 0.1) is 25.5 Å². The lowest BCUT2D eigenvalue weighted by Crippen LogP contribution is -2.52. The summed E-state index contributed by atoms with van der Waals surface area (Å²) in [4.78, 5) is 6.82. The zero-order chi connectivity index (χ0) is 16.7. The lowest BCUT2D eigenvalue weighted by Gasteiger charge is -2.37. The molecule has 8 heteroatoms. The van der Waals surface area contributed by atoms with Gasteiger partial charge >= 0.3 is 0 Å². The molecule has 1 fully saturated rings. The molecule has 0 bridgehead atoms. The van der Waals surface area contributed by atoms with Crippen molar-refractivity contribution in [1.82, 2.24) is 25.3 Å². The van der Waals surface area contributed by atoms with E-state index in [1.165, 1.54) is 0 Å². The molecule has 1 unspecified atom stereocenters. The van der Waals surface area contributed by atoms with Gasteiger partial charge in [0.25, 0.3) is 0 Å². The van der Waals surface area contributed by atoms with Crippen LogP contribution in [0.5, 0.6) is 0 Å². The monoisotopic (exact) mass is 450 g/mol. The lowest BCUT2D eigenvalue weighted by atomic mass is 10.0. The molecule has 1 aromatic heterocycles. The number of aliphatic imine (C=N–C) groups is 1. The van der Waals surface area contributed by atoms with Crippen molar-refractivity contribution in [3.8, 4) is 0 Å². The molecule has 2 rings (SSSR count). The van der Waals surface area contributed by atoms with Gasteiger partial charge in [-0.05, 0) is 12.0 Å². The molecule has 0 aromatic carbocycles.